The number of ether oxygens (including phenoxy) is 1. The molecular weight excluding hydrogens is 415 g/mol. The number of hydrogen-bond donors (Lipinski definition) is 0. The molecule has 162 valence electrons. The molecule has 0 N–H and O–H groups in total. The van der Waals surface area contributed by atoms with Gasteiger partial charge in [-0.2, -0.15) is 0 Å². The number of aryl methyl sites for hydroxylation is 3. The lowest BCUT2D eigenvalue weighted by molar-refractivity contribution is -0.127. The molecule has 5 rings (SSSR count). The summed E-state index contributed by atoms with van der Waals surface area (Å²) in [7, 11) is 0. The Kier molecular flexibility index (Phi) is 5.06. The molecule has 2 bridgehead atoms. The molecule has 31 heavy (non-hydrogen) atoms. The number of rotatable bonds is 4. The molecule has 0 aromatic heterocycles. The minimum atomic E-state index is -0.690. The van der Waals surface area contributed by atoms with E-state index in [9.17, 15) is 14.0 Å². The van der Waals surface area contributed by atoms with Crippen LogP contribution in [0.15, 0.2) is 30.3 Å². The summed E-state index contributed by atoms with van der Waals surface area (Å²) in [5.41, 5.74) is 5.16. The Morgan fingerprint density at radius 3 is 2.29 bits per heavy atom. The van der Waals surface area contributed by atoms with E-state index >= 15 is 0 Å². The summed E-state index contributed by atoms with van der Waals surface area (Å²) in [5.74, 6) is -1.98. The molecule has 2 heterocycles. The van der Waals surface area contributed by atoms with Gasteiger partial charge in [-0.1, -0.05) is 49.2 Å². The van der Waals surface area contributed by atoms with Crippen LogP contribution in [-0.4, -0.2) is 23.8 Å². The molecule has 2 saturated heterocycles. The van der Waals surface area contributed by atoms with Gasteiger partial charge in [-0.05, 0) is 60.6 Å². The van der Waals surface area contributed by atoms with Crippen LogP contribution in [0.5, 0.6) is 0 Å². The largest absolute Gasteiger partial charge is 0.373 e. The Bertz CT molecular complexity index is 1070. The Hall–Kier alpha value is -2.04. The van der Waals surface area contributed by atoms with E-state index < -0.39 is 17.7 Å². The van der Waals surface area contributed by atoms with Crippen LogP contribution in [0.1, 0.15) is 59.9 Å². The molecule has 3 nitrogen and oxygen atoms in total. The molecule has 6 atom stereocenters. The van der Waals surface area contributed by atoms with Gasteiger partial charge in [-0.25, -0.2) is 4.39 Å². The normalized spacial score (nSPS) is 31.5. The number of Topliss-reactive ketones (excluding diaryl/α,β-unsaturated/α-hetero) is 2. The Balaban J connectivity index is 1.53. The van der Waals surface area contributed by atoms with Gasteiger partial charge in [-0.3, -0.25) is 9.59 Å². The predicted molar refractivity (Wildman–Crippen MR) is 117 cm³/mol. The number of fused-ring (bicyclic) bond motifs is 5. The van der Waals surface area contributed by atoms with Crippen LogP contribution < -0.4 is 0 Å². The van der Waals surface area contributed by atoms with Gasteiger partial charge in [0.25, 0.3) is 0 Å². The quantitative estimate of drug-likeness (QED) is 0.603. The first-order chi connectivity index (χ1) is 14.8. The van der Waals surface area contributed by atoms with E-state index in [-0.39, 0.29) is 40.6 Å². The molecule has 1 saturated carbocycles. The van der Waals surface area contributed by atoms with Gasteiger partial charge in [0.1, 0.15) is 11.7 Å². The molecular formula is C26H26ClFO3. The van der Waals surface area contributed by atoms with Gasteiger partial charge < -0.3 is 4.74 Å². The third-order valence-corrected chi connectivity index (χ3v) is 7.79. The highest BCUT2D eigenvalue weighted by atomic mass is 35.5. The Morgan fingerprint density at radius 1 is 1.03 bits per heavy atom. The highest BCUT2D eigenvalue weighted by Gasteiger charge is 2.66. The standard InChI is InChI=1S/C26H26ClFO3/c1-4-13-8-12(3)9-14(5-2)20(13)22-24(29)21-19-11-16(26(31-19)23(21)25(22)30)15-6-7-18(28)17(27)10-15/h6-10,16,19,21-23,26H,4-5,11H2,1-3H3/t16-,19-,21-,22?,23+,26+/m0/s1. The maximum Gasteiger partial charge on any atom is 0.154 e. The monoisotopic (exact) mass is 440 g/mol. The molecule has 0 radical (unpaired) electrons. The average Bonchev–Trinajstić information content (AvgIpc) is 3.41. The molecule has 2 aromatic carbocycles. The van der Waals surface area contributed by atoms with Crippen molar-refractivity contribution in [2.75, 3.05) is 0 Å². The van der Waals surface area contributed by atoms with Crippen molar-refractivity contribution < 1.29 is 18.7 Å². The van der Waals surface area contributed by atoms with Crippen LogP contribution in [0.2, 0.25) is 5.02 Å². The second-order valence-corrected chi connectivity index (χ2v) is 9.56. The van der Waals surface area contributed by atoms with Crippen molar-refractivity contribution >= 4 is 23.2 Å². The summed E-state index contributed by atoms with van der Waals surface area (Å²) < 4.78 is 19.8. The van der Waals surface area contributed by atoms with Crippen molar-refractivity contribution in [2.24, 2.45) is 11.8 Å². The van der Waals surface area contributed by atoms with Crippen molar-refractivity contribution in [3.63, 3.8) is 0 Å². The van der Waals surface area contributed by atoms with Crippen LogP contribution in [0.4, 0.5) is 4.39 Å². The maximum atomic E-state index is 13.7. The summed E-state index contributed by atoms with van der Waals surface area (Å²) in [6.07, 6.45) is 1.63. The van der Waals surface area contributed by atoms with E-state index in [0.717, 1.165) is 40.7 Å². The first-order valence-corrected chi connectivity index (χ1v) is 11.5. The van der Waals surface area contributed by atoms with E-state index in [1.165, 1.54) is 6.07 Å². The zero-order chi connectivity index (χ0) is 22.0. The molecule has 1 aliphatic carbocycles. The van der Waals surface area contributed by atoms with Gasteiger partial charge in [0.15, 0.2) is 11.6 Å². The van der Waals surface area contributed by atoms with Crippen LogP contribution >= 0.6 is 11.6 Å². The van der Waals surface area contributed by atoms with Crippen LogP contribution in [0, 0.1) is 24.6 Å². The lowest BCUT2D eigenvalue weighted by Crippen LogP contribution is -2.34. The molecule has 5 heteroatoms. The molecule has 3 fully saturated rings. The fraction of sp³-hybridized carbons (Fsp3) is 0.462. The highest BCUT2D eigenvalue weighted by Crippen LogP contribution is 2.57. The average molecular weight is 441 g/mol. The van der Waals surface area contributed by atoms with Crippen LogP contribution in [0.25, 0.3) is 0 Å². The second kappa shape index (κ2) is 7.53. The number of ketones is 2. The van der Waals surface area contributed by atoms with E-state index in [2.05, 4.69) is 32.9 Å². The lowest BCUT2D eigenvalue weighted by atomic mass is 9.73. The number of halogens is 2. The van der Waals surface area contributed by atoms with Gasteiger partial charge in [0.2, 0.25) is 0 Å². The number of carbonyl (C=O) groups is 2. The Labute approximate surface area is 186 Å². The van der Waals surface area contributed by atoms with Crippen molar-refractivity contribution in [1.82, 2.24) is 0 Å². The molecule has 0 spiro atoms. The van der Waals surface area contributed by atoms with Crippen LogP contribution in [-0.2, 0) is 27.2 Å². The van der Waals surface area contributed by atoms with Gasteiger partial charge >= 0.3 is 0 Å². The smallest absolute Gasteiger partial charge is 0.154 e. The predicted octanol–water partition coefficient (Wildman–Crippen LogP) is 5.34. The summed E-state index contributed by atoms with van der Waals surface area (Å²) in [4.78, 5) is 27.3. The third-order valence-electron chi connectivity index (χ3n) is 7.50. The van der Waals surface area contributed by atoms with Crippen molar-refractivity contribution in [3.8, 4) is 0 Å². The Morgan fingerprint density at radius 2 is 1.68 bits per heavy atom. The third kappa shape index (κ3) is 3.02. The first-order valence-electron chi connectivity index (χ1n) is 11.2. The highest BCUT2D eigenvalue weighted by molar-refractivity contribution is 6.30. The SMILES string of the molecule is CCc1cc(C)cc(CC)c1C1C(=O)[C@@H]2[C@@H]3O[C@@H](C[C@H]3c3ccc(F)c(Cl)c3)[C@@H]2C1=O. The van der Waals surface area contributed by atoms with Gasteiger partial charge in [0.05, 0.1) is 29.1 Å². The number of hydrogen-bond acceptors (Lipinski definition) is 3. The minimum Gasteiger partial charge on any atom is -0.373 e. The zero-order valence-electron chi connectivity index (χ0n) is 18.0. The molecule has 1 unspecified atom stereocenters. The zero-order valence-corrected chi connectivity index (χ0v) is 18.7. The summed E-state index contributed by atoms with van der Waals surface area (Å²) in [6, 6.07) is 8.92. The summed E-state index contributed by atoms with van der Waals surface area (Å²) in [6.45, 7) is 6.20. The minimum absolute atomic E-state index is 0.00587. The molecule has 0 amide bonds. The van der Waals surface area contributed by atoms with Crippen molar-refractivity contribution in [2.45, 2.75) is 64.1 Å². The summed E-state index contributed by atoms with van der Waals surface area (Å²) >= 11 is 6.00. The van der Waals surface area contributed by atoms with E-state index in [1.807, 2.05) is 0 Å². The van der Waals surface area contributed by atoms with E-state index in [1.54, 1.807) is 12.1 Å². The fourth-order valence-electron chi connectivity index (χ4n) is 6.22. The molecule has 2 aliphatic heterocycles. The van der Waals surface area contributed by atoms with Crippen molar-refractivity contribution in [3.05, 3.63) is 69.0 Å². The second-order valence-electron chi connectivity index (χ2n) is 9.15. The topological polar surface area (TPSA) is 43.4 Å². The summed E-state index contributed by atoms with van der Waals surface area (Å²) in [5, 5.41) is 0.0726. The molecule has 3 aliphatic rings. The van der Waals surface area contributed by atoms with E-state index in [4.69, 9.17) is 16.3 Å². The fourth-order valence-corrected chi connectivity index (χ4v) is 6.41. The number of carbonyl (C=O) groups excluding carboxylic acids is 2. The van der Waals surface area contributed by atoms with Crippen LogP contribution in [0.3, 0.4) is 0 Å². The van der Waals surface area contributed by atoms with Gasteiger partial charge in [0, 0.05) is 5.92 Å². The van der Waals surface area contributed by atoms with Crippen molar-refractivity contribution in [1.29, 1.82) is 0 Å². The number of benzene rings is 2. The first kappa shape index (κ1) is 20.8. The lowest BCUT2D eigenvalue weighted by Gasteiger charge is -2.26. The maximum absolute atomic E-state index is 13.7. The molecule has 2 aromatic rings. The van der Waals surface area contributed by atoms with Gasteiger partial charge in [-0.15, -0.1) is 0 Å². The van der Waals surface area contributed by atoms with E-state index in [0.29, 0.717) is 6.42 Å².